The molecule has 0 spiro atoms. The third-order valence-corrected chi connectivity index (χ3v) is 13.1. The third kappa shape index (κ3) is 15.8. The lowest BCUT2D eigenvalue weighted by molar-refractivity contribution is -0.197. The number of carbonyl (C=O) groups excluding carboxylic acids is 8. The zero-order chi connectivity index (χ0) is 50.2. The van der Waals surface area contributed by atoms with Crippen molar-refractivity contribution in [2.75, 3.05) is 89.3 Å². The van der Waals surface area contributed by atoms with E-state index >= 15 is 0 Å². The fourth-order valence-electron chi connectivity index (χ4n) is 8.47. The number of likely N-dealkylation sites (N-methyl/N-ethyl adjacent to an activating group) is 3. The molecule has 2 rings (SSSR count). The molecule has 20 nitrogen and oxygen atoms in total. The summed E-state index contributed by atoms with van der Waals surface area (Å²) in [6.45, 7) is 10.6. The molecular weight excluding hydrogens is 874 g/mol. The number of amides is 7. The maximum atomic E-state index is 14.3. The molecule has 0 aliphatic carbocycles. The smallest absolute Gasteiger partial charge is 0.333 e. The van der Waals surface area contributed by atoms with Crippen LogP contribution >= 0.6 is 9.24 Å². The Morgan fingerprint density at radius 2 is 1.44 bits per heavy atom. The maximum absolute atomic E-state index is 14.3. The van der Waals surface area contributed by atoms with Gasteiger partial charge < -0.3 is 49.0 Å². The zero-order valence-electron chi connectivity index (χ0n) is 42.0. The van der Waals surface area contributed by atoms with Gasteiger partial charge in [0.05, 0.1) is 36.6 Å². The van der Waals surface area contributed by atoms with E-state index in [0.717, 1.165) is 6.42 Å². The molecule has 0 bridgehead atoms. The van der Waals surface area contributed by atoms with Crippen molar-refractivity contribution < 1.29 is 52.7 Å². The van der Waals surface area contributed by atoms with Crippen LogP contribution in [0.15, 0.2) is 4.99 Å². The Morgan fingerprint density at radius 1 is 0.848 bits per heavy atom. The van der Waals surface area contributed by atoms with Gasteiger partial charge in [-0.25, -0.2) is 9.79 Å². The fraction of sp³-hybridized carbons (Fsp3) is 0.800. The van der Waals surface area contributed by atoms with Gasteiger partial charge in [0.25, 0.3) is 11.8 Å². The number of hydrogen-bond donors (Lipinski definition) is 1. The summed E-state index contributed by atoms with van der Waals surface area (Å²) >= 11 is 0. The first-order valence-corrected chi connectivity index (χ1v) is 23.9. The van der Waals surface area contributed by atoms with Gasteiger partial charge in [-0.2, -0.15) is 0 Å². The Morgan fingerprint density at radius 3 is 1.95 bits per heavy atom. The van der Waals surface area contributed by atoms with Crippen LogP contribution in [0.1, 0.15) is 92.4 Å². The van der Waals surface area contributed by atoms with E-state index in [0.29, 0.717) is 30.4 Å². The first kappa shape index (κ1) is 57.7. The van der Waals surface area contributed by atoms with Crippen molar-refractivity contribution in [2.24, 2.45) is 22.7 Å². The van der Waals surface area contributed by atoms with Crippen molar-refractivity contribution >= 4 is 62.5 Å². The molecule has 21 heteroatoms. The average molecular weight is 954 g/mol. The molecule has 7 amide bonds. The highest BCUT2D eigenvalue weighted by Gasteiger charge is 2.43. The molecule has 0 radical (unpaired) electrons. The number of methoxy groups -OCH3 is 2. The van der Waals surface area contributed by atoms with Gasteiger partial charge in [-0.05, 0) is 37.3 Å². The van der Waals surface area contributed by atoms with Gasteiger partial charge in [0.2, 0.25) is 29.5 Å². The highest BCUT2D eigenvalue weighted by molar-refractivity contribution is 7.16. The molecule has 2 saturated heterocycles. The lowest BCUT2D eigenvalue weighted by Gasteiger charge is -2.40. The van der Waals surface area contributed by atoms with Gasteiger partial charge in [-0.1, -0.05) is 41.0 Å². The fourth-order valence-corrected chi connectivity index (χ4v) is 8.78. The highest BCUT2D eigenvalue weighted by atomic mass is 31.0. The second-order valence-electron chi connectivity index (χ2n) is 18.3. The number of ether oxygens (including phenoxy) is 2. The molecule has 0 aromatic carbocycles. The monoisotopic (exact) mass is 954 g/mol. The predicted octanol–water partition coefficient (Wildman–Crippen LogP) is 1.46. The number of hydroxylamine groups is 2. The molecule has 1 N–H and O–H groups in total. The Hall–Kier alpha value is -4.42. The molecule has 9 atom stereocenters. The van der Waals surface area contributed by atoms with Crippen LogP contribution in [0.2, 0.25) is 0 Å². The van der Waals surface area contributed by atoms with Crippen LogP contribution in [0.25, 0.3) is 0 Å². The summed E-state index contributed by atoms with van der Waals surface area (Å²) in [5.41, 5.74) is 0. The van der Waals surface area contributed by atoms with Crippen LogP contribution in [0.5, 0.6) is 0 Å². The predicted molar refractivity (Wildman–Crippen MR) is 252 cm³/mol. The lowest BCUT2D eigenvalue weighted by atomic mass is 9.89. The Labute approximate surface area is 394 Å². The van der Waals surface area contributed by atoms with Crippen LogP contribution in [0.3, 0.4) is 0 Å². The van der Waals surface area contributed by atoms with E-state index in [-0.39, 0.29) is 93.2 Å². The number of nitrogens with zero attached hydrogens (tertiary/aromatic N) is 8. The molecule has 2 fully saturated rings. The summed E-state index contributed by atoms with van der Waals surface area (Å²) in [5, 5.41) is 3.34. The number of carbonyl (C=O) groups is 8. The van der Waals surface area contributed by atoms with E-state index in [1.54, 1.807) is 45.0 Å². The number of nitrogens with one attached hydrogen (secondary N) is 1. The maximum Gasteiger partial charge on any atom is 0.333 e. The highest BCUT2D eigenvalue weighted by Crippen LogP contribution is 2.30. The summed E-state index contributed by atoms with van der Waals surface area (Å²) in [6, 6.07) is -2.43. The quantitative estimate of drug-likeness (QED) is 0.0596. The molecule has 0 saturated carbocycles. The zero-order valence-corrected chi connectivity index (χ0v) is 43.2. The van der Waals surface area contributed by atoms with Crippen LogP contribution in [-0.4, -0.2) is 213 Å². The molecule has 66 heavy (non-hydrogen) atoms. The van der Waals surface area contributed by atoms with E-state index in [1.807, 2.05) is 65.7 Å². The van der Waals surface area contributed by atoms with E-state index in [2.05, 4.69) is 14.6 Å². The molecule has 2 heterocycles. The molecular formula is C45H80N9O11P. The van der Waals surface area contributed by atoms with E-state index in [9.17, 15) is 38.4 Å². The number of likely N-dealkylation sites (tertiary alicyclic amines) is 1. The van der Waals surface area contributed by atoms with Crippen LogP contribution in [0.4, 0.5) is 0 Å². The molecule has 2 aliphatic rings. The second kappa shape index (κ2) is 27.4. The van der Waals surface area contributed by atoms with Crippen molar-refractivity contribution in [3.63, 3.8) is 0 Å². The van der Waals surface area contributed by atoms with Crippen LogP contribution < -0.4 is 5.32 Å². The van der Waals surface area contributed by atoms with Crippen molar-refractivity contribution in [2.45, 2.75) is 129 Å². The molecule has 0 aromatic rings. The minimum absolute atomic E-state index is 0.00346. The normalized spacial score (nSPS) is 18.2. The Bertz CT molecular complexity index is 1690. The van der Waals surface area contributed by atoms with E-state index in [1.165, 1.54) is 16.9 Å². The summed E-state index contributed by atoms with van der Waals surface area (Å²) in [4.78, 5) is 124. The number of aliphatic imine (C=N–C) groups is 1. The first-order chi connectivity index (χ1) is 31.0. The Balaban J connectivity index is 2.09. The lowest BCUT2D eigenvalue weighted by Crippen LogP contribution is -2.56. The molecule has 1 unspecified atom stereocenters. The van der Waals surface area contributed by atoms with Crippen LogP contribution in [0, 0.1) is 17.8 Å². The van der Waals surface area contributed by atoms with Gasteiger partial charge in [-0.15, -0.1) is 14.3 Å². The number of guanidine groups is 1. The second-order valence-corrected chi connectivity index (χ2v) is 18.7. The van der Waals surface area contributed by atoms with Gasteiger partial charge in [0.15, 0.2) is 5.96 Å². The topological polar surface area (TPSA) is 211 Å². The van der Waals surface area contributed by atoms with Crippen molar-refractivity contribution in [3.8, 4) is 0 Å². The summed E-state index contributed by atoms with van der Waals surface area (Å²) in [5.74, 6) is -3.54. The molecule has 2 aliphatic heterocycles. The van der Waals surface area contributed by atoms with Crippen molar-refractivity contribution in [1.82, 2.24) is 39.8 Å². The standard InChI is InChI=1S/C45H80N9O11P/c1-15-29(4)40(52(12)44(62)39(28(2)3)47-45(48(6)7)49(8)9)33(63-13)26-37(58)53-23-17-18-32(53)41(64-14)30(5)42(60)46-31(27-66)43(61)51(11)25-24-50(10)34(55)19-16-20-38(59)65-54-35(56)21-22-36(54)57/h28-33,39-41H,15-27,66H2,1-14H3,(H,46,60)/t29-,30+,31-,32-,33+,39-,40-,41+/m0/s1. The minimum atomic E-state index is -0.895. The van der Waals surface area contributed by atoms with Crippen LogP contribution in [-0.2, 0) is 52.7 Å². The summed E-state index contributed by atoms with van der Waals surface area (Å²) in [6.07, 6.45) is 0.895. The van der Waals surface area contributed by atoms with E-state index in [4.69, 9.17) is 19.3 Å². The number of rotatable bonds is 25. The SMILES string of the molecule is CC[C@H](C)[C@@H]([C@@H](CC(=O)N1CCC[C@H]1[C@H](OC)[C@@H](C)C(=O)N[C@@H](CP)C(=O)N(C)CCN(C)C(=O)CCCC(=O)ON1C(=O)CCC1=O)OC)N(C)C(=O)[C@@H](N=C(N(C)C)N(C)C)C(C)C. The molecule has 376 valence electrons. The van der Waals surface area contributed by atoms with Gasteiger partial charge in [0, 0.05) is 109 Å². The summed E-state index contributed by atoms with van der Waals surface area (Å²) in [7, 11) is 18.0. The summed E-state index contributed by atoms with van der Waals surface area (Å²) < 4.78 is 12.0. The van der Waals surface area contributed by atoms with Gasteiger partial charge >= 0.3 is 5.97 Å². The van der Waals surface area contributed by atoms with Gasteiger partial charge in [0.1, 0.15) is 12.1 Å². The number of hydrogen-bond acceptors (Lipinski definition) is 12. The van der Waals surface area contributed by atoms with Crippen molar-refractivity contribution in [1.29, 1.82) is 0 Å². The first-order valence-electron chi connectivity index (χ1n) is 23.1. The van der Waals surface area contributed by atoms with Crippen molar-refractivity contribution in [3.05, 3.63) is 0 Å². The largest absolute Gasteiger partial charge is 0.379 e. The average Bonchev–Trinajstić information content (AvgIpc) is 3.88. The minimum Gasteiger partial charge on any atom is -0.379 e. The van der Waals surface area contributed by atoms with E-state index < -0.39 is 66.0 Å². The Kier molecular flexibility index (Phi) is 24.0. The van der Waals surface area contributed by atoms with Gasteiger partial charge in [-0.3, -0.25) is 33.6 Å². The molecule has 0 aromatic heterocycles. The third-order valence-electron chi connectivity index (χ3n) is 12.6. The number of imide groups is 1.